The van der Waals surface area contributed by atoms with E-state index in [1.54, 1.807) is 19.3 Å². The van der Waals surface area contributed by atoms with Crippen LogP contribution < -0.4 is 0 Å². The number of pyridine rings is 2. The summed E-state index contributed by atoms with van der Waals surface area (Å²) in [6.45, 7) is 3.63. The standard InChI is InChI=1S/C25H18N6OS/c1-13-8-9-26-11-17(13)19-10-16-20(12-27-19)30-31-24(16)25-28-18-5-3-4-15(23(18)29-25)22-7-6-21(33-22)14(2)32/h3-12H,1-2H3,(H,28,29)(H,30,31). The molecule has 6 aromatic rings. The first-order chi connectivity index (χ1) is 16.1. The van der Waals surface area contributed by atoms with Gasteiger partial charge in [0.15, 0.2) is 11.6 Å². The normalized spacial score (nSPS) is 11.5. The summed E-state index contributed by atoms with van der Waals surface area (Å²) < 4.78 is 0. The first-order valence-corrected chi connectivity index (χ1v) is 11.3. The number of nitrogens with one attached hydrogen (secondary N) is 2. The Bertz CT molecular complexity index is 1680. The summed E-state index contributed by atoms with van der Waals surface area (Å²) in [5, 5.41) is 8.52. The average Bonchev–Trinajstić information content (AvgIpc) is 3.56. The first kappa shape index (κ1) is 19.5. The summed E-state index contributed by atoms with van der Waals surface area (Å²) in [5.74, 6) is 0.740. The van der Waals surface area contributed by atoms with Crippen LogP contribution in [-0.4, -0.2) is 35.9 Å². The van der Waals surface area contributed by atoms with Gasteiger partial charge < -0.3 is 4.98 Å². The molecule has 0 radical (unpaired) electrons. The lowest BCUT2D eigenvalue weighted by molar-refractivity contribution is 0.102. The Morgan fingerprint density at radius 3 is 2.76 bits per heavy atom. The summed E-state index contributed by atoms with van der Waals surface area (Å²) in [6, 6.07) is 13.8. The zero-order valence-electron chi connectivity index (χ0n) is 17.9. The molecule has 160 valence electrons. The van der Waals surface area contributed by atoms with E-state index < -0.39 is 0 Å². The van der Waals surface area contributed by atoms with E-state index in [1.807, 2.05) is 55.6 Å². The molecular weight excluding hydrogens is 432 g/mol. The highest BCUT2D eigenvalue weighted by Crippen LogP contribution is 2.35. The van der Waals surface area contributed by atoms with Crippen molar-refractivity contribution in [2.45, 2.75) is 13.8 Å². The van der Waals surface area contributed by atoms with E-state index in [9.17, 15) is 4.79 Å². The number of hydrogen-bond acceptors (Lipinski definition) is 6. The summed E-state index contributed by atoms with van der Waals surface area (Å²) in [4.78, 5) is 30.7. The highest BCUT2D eigenvalue weighted by Gasteiger charge is 2.17. The van der Waals surface area contributed by atoms with Crippen molar-refractivity contribution < 1.29 is 4.79 Å². The second-order valence-electron chi connectivity index (χ2n) is 7.89. The molecule has 0 atom stereocenters. The minimum atomic E-state index is 0.0670. The van der Waals surface area contributed by atoms with Crippen LogP contribution in [0.25, 0.3) is 55.2 Å². The lowest BCUT2D eigenvalue weighted by atomic mass is 10.1. The van der Waals surface area contributed by atoms with Crippen LogP contribution in [0, 0.1) is 6.92 Å². The number of para-hydroxylation sites is 1. The molecule has 0 saturated heterocycles. The minimum absolute atomic E-state index is 0.0670. The van der Waals surface area contributed by atoms with Gasteiger partial charge in [0.1, 0.15) is 5.69 Å². The average molecular weight is 451 g/mol. The fourth-order valence-corrected chi connectivity index (χ4v) is 4.92. The van der Waals surface area contributed by atoms with Gasteiger partial charge in [-0.05, 0) is 49.7 Å². The molecule has 0 aliphatic heterocycles. The first-order valence-electron chi connectivity index (χ1n) is 10.4. The zero-order valence-corrected chi connectivity index (χ0v) is 18.7. The van der Waals surface area contributed by atoms with Crippen LogP contribution in [0.1, 0.15) is 22.2 Å². The topological polar surface area (TPSA) is 100 Å². The molecule has 0 amide bonds. The molecule has 2 N–H and O–H groups in total. The van der Waals surface area contributed by atoms with Crippen LogP contribution in [0.15, 0.2) is 61.1 Å². The Balaban J connectivity index is 1.49. The van der Waals surface area contributed by atoms with Gasteiger partial charge in [0.2, 0.25) is 0 Å². The Kier molecular flexibility index (Phi) is 4.41. The monoisotopic (exact) mass is 450 g/mol. The number of aromatic nitrogens is 6. The van der Waals surface area contributed by atoms with Gasteiger partial charge >= 0.3 is 0 Å². The number of imidazole rings is 1. The number of carbonyl (C=O) groups is 1. The highest BCUT2D eigenvalue weighted by molar-refractivity contribution is 7.17. The van der Waals surface area contributed by atoms with Crippen molar-refractivity contribution in [3.05, 3.63) is 71.5 Å². The molecule has 0 fully saturated rings. The van der Waals surface area contributed by atoms with Crippen molar-refractivity contribution >= 4 is 39.1 Å². The number of hydrogen-bond donors (Lipinski definition) is 2. The van der Waals surface area contributed by atoms with Gasteiger partial charge in [0, 0.05) is 33.8 Å². The summed E-state index contributed by atoms with van der Waals surface area (Å²) >= 11 is 1.48. The molecule has 5 heterocycles. The molecule has 33 heavy (non-hydrogen) atoms. The zero-order chi connectivity index (χ0) is 22.5. The third-order valence-electron chi connectivity index (χ3n) is 5.72. The van der Waals surface area contributed by atoms with E-state index in [4.69, 9.17) is 4.98 Å². The van der Waals surface area contributed by atoms with E-state index in [0.29, 0.717) is 5.82 Å². The van der Waals surface area contributed by atoms with Crippen LogP contribution in [0.2, 0.25) is 0 Å². The van der Waals surface area contributed by atoms with Gasteiger partial charge in [-0.1, -0.05) is 12.1 Å². The van der Waals surface area contributed by atoms with Gasteiger partial charge in [0.05, 0.1) is 33.3 Å². The molecule has 6 rings (SSSR count). The number of fused-ring (bicyclic) bond motifs is 2. The van der Waals surface area contributed by atoms with E-state index in [-0.39, 0.29) is 5.78 Å². The molecule has 0 aliphatic rings. The smallest absolute Gasteiger partial charge is 0.169 e. The number of aryl methyl sites for hydroxylation is 1. The number of H-pyrrole nitrogens is 2. The molecule has 0 spiro atoms. The van der Waals surface area contributed by atoms with Gasteiger partial charge in [-0.3, -0.25) is 19.9 Å². The Hall–Kier alpha value is -4.17. The van der Waals surface area contributed by atoms with Crippen molar-refractivity contribution in [1.29, 1.82) is 0 Å². The largest absolute Gasteiger partial charge is 0.337 e. The van der Waals surface area contributed by atoms with Crippen LogP contribution >= 0.6 is 11.3 Å². The Morgan fingerprint density at radius 2 is 1.94 bits per heavy atom. The maximum absolute atomic E-state index is 11.8. The second-order valence-corrected chi connectivity index (χ2v) is 8.97. The van der Waals surface area contributed by atoms with E-state index in [1.165, 1.54) is 11.3 Å². The van der Waals surface area contributed by atoms with E-state index in [2.05, 4.69) is 25.1 Å². The molecule has 8 heteroatoms. The second kappa shape index (κ2) is 7.46. The molecule has 1 aromatic carbocycles. The molecule has 5 aromatic heterocycles. The number of benzene rings is 1. The van der Waals surface area contributed by atoms with Gasteiger partial charge in [-0.15, -0.1) is 11.3 Å². The molecular formula is C25H18N6OS. The minimum Gasteiger partial charge on any atom is -0.337 e. The van der Waals surface area contributed by atoms with E-state index >= 15 is 0 Å². The fraction of sp³-hybridized carbons (Fsp3) is 0.0800. The number of aromatic amines is 2. The van der Waals surface area contributed by atoms with Crippen LogP contribution in [0.5, 0.6) is 0 Å². The van der Waals surface area contributed by atoms with Crippen LogP contribution in [0.3, 0.4) is 0 Å². The highest BCUT2D eigenvalue weighted by atomic mass is 32.1. The molecule has 7 nitrogen and oxygen atoms in total. The quantitative estimate of drug-likeness (QED) is 0.331. The van der Waals surface area contributed by atoms with Crippen molar-refractivity contribution in [3.8, 4) is 33.2 Å². The van der Waals surface area contributed by atoms with Crippen molar-refractivity contribution in [2.24, 2.45) is 0 Å². The van der Waals surface area contributed by atoms with Crippen molar-refractivity contribution in [2.75, 3.05) is 0 Å². The Labute approximate surface area is 192 Å². The number of Topliss-reactive ketones (excluding diaryl/α,β-unsaturated/α-hetero) is 1. The van der Waals surface area contributed by atoms with E-state index in [0.717, 1.165) is 59.8 Å². The van der Waals surface area contributed by atoms with Crippen molar-refractivity contribution in [1.82, 2.24) is 30.1 Å². The SMILES string of the molecule is CC(=O)c1ccc(-c2cccc3[nH]c(-c4n[nH]c5cnc(-c6cnccc6C)cc45)nc23)s1. The van der Waals surface area contributed by atoms with Crippen LogP contribution in [-0.2, 0) is 0 Å². The molecule has 0 saturated carbocycles. The third kappa shape index (κ3) is 3.23. The molecule has 0 unspecified atom stereocenters. The lowest BCUT2D eigenvalue weighted by Gasteiger charge is -2.04. The Morgan fingerprint density at radius 1 is 1.03 bits per heavy atom. The molecule has 0 aliphatic carbocycles. The number of nitrogens with zero attached hydrogens (tertiary/aromatic N) is 4. The predicted molar refractivity (Wildman–Crippen MR) is 130 cm³/mol. The third-order valence-corrected chi connectivity index (χ3v) is 6.94. The summed E-state index contributed by atoms with van der Waals surface area (Å²) in [6.07, 6.45) is 5.39. The number of rotatable bonds is 4. The number of thiophene rings is 1. The van der Waals surface area contributed by atoms with Gasteiger partial charge in [-0.2, -0.15) is 5.10 Å². The maximum Gasteiger partial charge on any atom is 0.169 e. The van der Waals surface area contributed by atoms with Gasteiger partial charge in [0.25, 0.3) is 0 Å². The summed E-state index contributed by atoms with van der Waals surface area (Å²) in [7, 11) is 0. The van der Waals surface area contributed by atoms with Crippen LogP contribution in [0.4, 0.5) is 0 Å². The number of ketones is 1. The predicted octanol–water partition coefficient (Wildman–Crippen LogP) is 5.80. The van der Waals surface area contributed by atoms with Crippen molar-refractivity contribution in [3.63, 3.8) is 0 Å². The summed E-state index contributed by atoms with van der Waals surface area (Å²) in [5.41, 5.74) is 7.23. The molecule has 0 bridgehead atoms. The lowest BCUT2D eigenvalue weighted by Crippen LogP contribution is -1.88. The maximum atomic E-state index is 11.8. The number of carbonyl (C=O) groups excluding carboxylic acids is 1. The fourth-order valence-electron chi connectivity index (χ4n) is 3.99. The van der Waals surface area contributed by atoms with Gasteiger partial charge in [-0.25, -0.2) is 4.98 Å².